The third kappa shape index (κ3) is 5.32. The molecule has 0 aromatic carbocycles. The smallest absolute Gasteiger partial charge is 0.368 e. The number of piperazine rings is 1. The van der Waals surface area contributed by atoms with E-state index in [9.17, 15) is 18.0 Å². The highest BCUT2D eigenvalue weighted by Crippen LogP contribution is 2.29. The Morgan fingerprint density at radius 2 is 1.84 bits per heavy atom. The maximum Gasteiger partial charge on any atom is 0.417 e. The molecule has 0 N–H and O–H groups in total. The lowest BCUT2D eigenvalue weighted by Crippen LogP contribution is -2.51. The fourth-order valence-corrected chi connectivity index (χ4v) is 2.56. The zero-order chi connectivity index (χ0) is 18.6. The van der Waals surface area contributed by atoms with E-state index in [2.05, 4.69) is 4.98 Å². The number of hydrogen-bond donors (Lipinski definition) is 0. The molecule has 25 heavy (non-hydrogen) atoms. The van der Waals surface area contributed by atoms with Crippen LogP contribution in [0.2, 0.25) is 0 Å². The van der Waals surface area contributed by atoms with Crippen LogP contribution in [0.4, 0.5) is 19.0 Å². The van der Waals surface area contributed by atoms with E-state index in [1.165, 1.54) is 6.07 Å². The number of carbonyl (C=O) groups excluding carboxylic acids is 1. The number of hydrogen-bond acceptors (Lipinski definition) is 4. The standard InChI is InChI=1S/C17H24F3N3O2/c1-12(2)11-25-13(3)16(24)23-8-6-22(7-9-23)15-5-4-14(10-21-15)17(18,19)20/h4-5,10,12-13H,6-9,11H2,1-3H3. The predicted molar refractivity (Wildman–Crippen MR) is 88.3 cm³/mol. The van der Waals surface area contributed by atoms with Gasteiger partial charge in [-0.3, -0.25) is 4.79 Å². The molecule has 0 bridgehead atoms. The van der Waals surface area contributed by atoms with Gasteiger partial charge in [0, 0.05) is 39.0 Å². The normalized spacial score (nSPS) is 17.1. The van der Waals surface area contributed by atoms with E-state index in [0.717, 1.165) is 12.3 Å². The minimum Gasteiger partial charge on any atom is -0.368 e. The summed E-state index contributed by atoms with van der Waals surface area (Å²) in [5.74, 6) is 0.794. The van der Waals surface area contributed by atoms with Gasteiger partial charge in [-0.2, -0.15) is 13.2 Å². The lowest BCUT2D eigenvalue weighted by Gasteiger charge is -2.36. The molecule has 0 radical (unpaired) electrons. The molecule has 1 atom stereocenters. The highest BCUT2D eigenvalue weighted by molar-refractivity contribution is 5.80. The summed E-state index contributed by atoms with van der Waals surface area (Å²) >= 11 is 0. The number of nitrogens with zero attached hydrogens (tertiary/aromatic N) is 3. The van der Waals surface area contributed by atoms with Gasteiger partial charge in [0.05, 0.1) is 5.56 Å². The van der Waals surface area contributed by atoms with Gasteiger partial charge in [0.15, 0.2) is 0 Å². The average molecular weight is 359 g/mol. The number of aromatic nitrogens is 1. The molecule has 1 aromatic rings. The average Bonchev–Trinajstić information content (AvgIpc) is 2.58. The molecule has 1 fully saturated rings. The second-order valence-corrected chi connectivity index (χ2v) is 6.58. The van der Waals surface area contributed by atoms with Crippen LogP contribution in [0, 0.1) is 5.92 Å². The molecule has 1 aliphatic heterocycles. The quantitative estimate of drug-likeness (QED) is 0.811. The molecule has 2 heterocycles. The Labute approximate surface area is 145 Å². The first kappa shape index (κ1) is 19.5. The van der Waals surface area contributed by atoms with E-state index in [-0.39, 0.29) is 5.91 Å². The summed E-state index contributed by atoms with van der Waals surface area (Å²) in [6.45, 7) is 8.37. The fraction of sp³-hybridized carbons (Fsp3) is 0.647. The summed E-state index contributed by atoms with van der Waals surface area (Å²) in [6, 6.07) is 2.40. The minimum atomic E-state index is -4.39. The van der Waals surface area contributed by atoms with Crippen LogP contribution in [-0.2, 0) is 15.7 Å². The van der Waals surface area contributed by atoms with E-state index in [0.29, 0.717) is 44.5 Å². The number of rotatable bonds is 5. The second kappa shape index (κ2) is 8.03. The lowest BCUT2D eigenvalue weighted by atomic mass is 10.2. The molecule has 1 aliphatic rings. The molecule has 1 amide bonds. The molecule has 0 aliphatic carbocycles. The van der Waals surface area contributed by atoms with Crippen molar-refractivity contribution in [3.63, 3.8) is 0 Å². The molecule has 2 rings (SSSR count). The van der Waals surface area contributed by atoms with Crippen molar-refractivity contribution < 1.29 is 22.7 Å². The first-order chi connectivity index (χ1) is 11.7. The first-order valence-electron chi connectivity index (χ1n) is 8.37. The van der Waals surface area contributed by atoms with Crippen molar-refractivity contribution in [3.8, 4) is 0 Å². The molecule has 0 saturated carbocycles. The van der Waals surface area contributed by atoms with Crippen LogP contribution in [-0.4, -0.2) is 54.7 Å². The molecule has 1 saturated heterocycles. The van der Waals surface area contributed by atoms with E-state index >= 15 is 0 Å². The van der Waals surface area contributed by atoms with Gasteiger partial charge < -0.3 is 14.5 Å². The Kier molecular flexibility index (Phi) is 6.26. The van der Waals surface area contributed by atoms with Gasteiger partial charge in [-0.1, -0.05) is 13.8 Å². The van der Waals surface area contributed by atoms with Crippen molar-refractivity contribution in [1.29, 1.82) is 0 Å². The van der Waals surface area contributed by atoms with Crippen LogP contribution in [0.3, 0.4) is 0 Å². The van der Waals surface area contributed by atoms with Crippen LogP contribution < -0.4 is 4.90 Å². The summed E-state index contributed by atoms with van der Waals surface area (Å²) in [7, 11) is 0. The third-order valence-electron chi connectivity index (χ3n) is 4.02. The Balaban J connectivity index is 1.88. The zero-order valence-electron chi connectivity index (χ0n) is 14.7. The SMILES string of the molecule is CC(C)COC(C)C(=O)N1CCN(c2ccc(C(F)(F)F)cn2)CC1. The highest BCUT2D eigenvalue weighted by Gasteiger charge is 2.31. The van der Waals surface area contributed by atoms with Gasteiger partial charge in [-0.25, -0.2) is 4.98 Å². The van der Waals surface area contributed by atoms with Crippen molar-refractivity contribution >= 4 is 11.7 Å². The molecule has 1 aromatic heterocycles. The number of amides is 1. The van der Waals surface area contributed by atoms with Crippen LogP contribution in [0.5, 0.6) is 0 Å². The van der Waals surface area contributed by atoms with E-state index in [4.69, 9.17) is 4.74 Å². The number of carbonyl (C=O) groups is 1. The molecular formula is C17H24F3N3O2. The lowest BCUT2D eigenvalue weighted by molar-refractivity contribution is -0.143. The van der Waals surface area contributed by atoms with Gasteiger partial charge in [0.2, 0.25) is 0 Å². The number of anilines is 1. The highest BCUT2D eigenvalue weighted by atomic mass is 19.4. The van der Waals surface area contributed by atoms with Gasteiger partial charge >= 0.3 is 6.18 Å². The predicted octanol–water partition coefficient (Wildman–Crippen LogP) is 2.81. The number of alkyl halides is 3. The van der Waals surface area contributed by atoms with Crippen molar-refractivity contribution in [1.82, 2.24) is 9.88 Å². The molecule has 8 heteroatoms. The number of halogens is 3. The van der Waals surface area contributed by atoms with Crippen molar-refractivity contribution in [2.75, 3.05) is 37.7 Å². The Bertz CT molecular complexity index is 567. The summed E-state index contributed by atoms with van der Waals surface area (Å²) in [5, 5.41) is 0. The van der Waals surface area contributed by atoms with Crippen LogP contribution in [0.15, 0.2) is 18.3 Å². The molecule has 140 valence electrons. The van der Waals surface area contributed by atoms with Crippen LogP contribution in [0.25, 0.3) is 0 Å². The second-order valence-electron chi connectivity index (χ2n) is 6.58. The van der Waals surface area contributed by atoms with E-state index < -0.39 is 17.8 Å². The topological polar surface area (TPSA) is 45.7 Å². The minimum absolute atomic E-state index is 0.0549. The van der Waals surface area contributed by atoms with Crippen molar-refractivity contribution in [2.24, 2.45) is 5.92 Å². The maximum atomic E-state index is 12.6. The third-order valence-corrected chi connectivity index (χ3v) is 4.02. The monoisotopic (exact) mass is 359 g/mol. The fourth-order valence-electron chi connectivity index (χ4n) is 2.56. The first-order valence-corrected chi connectivity index (χ1v) is 8.37. The molecule has 0 spiro atoms. The summed E-state index contributed by atoms with van der Waals surface area (Å²) in [5.41, 5.74) is -0.763. The Morgan fingerprint density at radius 3 is 2.32 bits per heavy atom. The van der Waals surface area contributed by atoms with Crippen molar-refractivity contribution in [3.05, 3.63) is 23.9 Å². The molecule has 1 unspecified atom stereocenters. The van der Waals surface area contributed by atoms with Crippen molar-refractivity contribution in [2.45, 2.75) is 33.1 Å². The molecule has 5 nitrogen and oxygen atoms in total. The van der Waals surface area contributed by atoms with Crippen LogP contribution in [0.1, 0.15) is 26.3 Å². The van der Waals surface area contributed by atoms with Gasteiger partial charge in [-0.05, 0) is 25.0 Å². The van der Waals surface area contributed by atoms with Gasteiger partial charge in [0.1, 0.15) is 11.9 Å². The largest absolute Gasteiger partial charge is 0.417 e. The van der Waals surface area contributed by atoms with Gasteiger partial charge in [0.25, 0.3) is 5.91 Å². The Morgan fingerprint density at radius 1 is 1.20 bits per heavy atom. The number of ether oxygens (including phenoxy) is 1. The molecular weight excluding hydrogens is 335 g/mol. The Hall–Kier alpha value is -1.83. The summed E-state index contributed by atoms with van der Waals surface area (Å²) in [4.78, 5) is 19.9. The zero-order valence-corrected chi connectivity index (χ0v) is 14.7. The van der Waals surface area contributed by atoms with Gasteiger partial charge in [-0.15, -0.1) is 0 Å². The summed E-state index contributed by atoms with van der Waals surface area (Å²) in [6.07, 6.45) is -4.03. The van der Waals surface area contributed by atoms with E-state index in [1.54, 1.807) is 11.8 Å². The number of pyridine rings is 1. The summed E-state index contributed by atoms with van der Waals surface area (Å²) < 4.78 is 43.3. The maximum absolute atomic E-state index is 12.6. The van der Waals surface area contributed by atoms with Crippen LogP contribution >= 0.6 is 0 Å². The van der Waals surface area contributed by atoms with E-state index in [1.807, 2.05) is 18.7 Å².